The van der Waals surface area contributed by atoms with E-state index in [4.69, 9.17) is 18.9 Å². The van der Waals surface area contributed by atoms with Gasteiger partial charge in [0.1, 0.15) is 17.2 Å². The Bertz CT molecular complexity index is 1590. The van der Waals surface area contributed by atoms with Crippen LogP contribution >= 0.6 is 0 Å². The highest BCUT2D eigenvalue weighted by molar-refractivity contribution is 6.02. The first-order chi connectivity index (χ1) is 24.5. The van der Waals surface area contributed by atoms with E-state index in [9.17, 15) is 19.5 Å². The van der Waals surface area contributed by atoms with Crippen LogP contribution < -0.4 is 30.2 Å². The normalized spacial score (nSPS) is 19.0. The van der Waals surface area contributed by atoms with Crippen molar-refractivity contribution in [2.75, 3.05) is 63.5 Å². The molecule has 0 saturated heterocycles. The summed E-state index contributed by atoms with van der Waals surface area (Å²) in [5.41, 5.74) is 1.84. The Morgan fingerprint density at radius 3 is 2.12 bits per heavy atom. The largest absolute Gasteiger partial charge is 0.497 e. The molecule has 3 aromatic carbocycles. The number of fused-ring (bicyclic) bond motifs is 1. The molecule has 276 valence electrons. The summed E-state index contributed by atoms with van der Waals surface area (Å²) in [6.07, 6.45) is 1.72. The number of aliphatic hydroxyl groups excluding tert-OH is 1. The summed E-state index contributed by atoms with van der Waals surface area (Å²) >= 11 is 0. The summed E-state index contributed by atoms with van der Waals surface area (Å²) < 4.78 is 23.1. The number of benzene rings is 3. The second-order valence-corrected chi connectivity index (χ2v) is 12.9. The third-order valence-corrected chi connectivity index (χ3v) is 8.80. The number of rotatable bonds is 9. The van der Waals surface area contributed by atoms with Crippen molar-refractivity contribution in [3.8, 4) is 17.2 Å². The van der Waals surface area contributed by atoms with Gasteiger partial charge in [-0.15, -0.1) is 0 Å². The summed E-state index contributed by atoms with van der Waals surface area (Å²) in [5.74, 6) is 1.13. The minimum atomic E-state index is -0.551. The molecule has 0 bridgehead atoms. The predicted octanol–water partition coefficient (Wildman–Crippen LogP) is 6.31. The van der Waals surface area contributed by atoms with Gasteiger partial charge >= 0.3 is 12.1 Å². The summed E-state index contributed by atoms with van der Waals surface area (Å²) in [6.45, 7) is 6.38. The molecule has 13 nitrogen and oxygen atoms in total. The summed E-state index contributed by atoms with van der Waals surface area (Å²) in [7, 11) is 4.85. The number of nitrogens with zero attached hydrogens (tertiary/aromatic N) is 2. The Balaban J connectivity index is 1.55. The third kappa shape index (κ3) is 11.2. The van der Waals surface area contributed by atoms with Crippen molar-refractivity contribution in [2.24, 2.45) is 5.92 Å². The summed E-state index contributed by atoms with van der Waals surface area (Å²) in [4.78, 5) is 43.6. The molecule has 1 heterocycles. The van der Waals surface area contributed by atoms with Gasteiger partial charge in [0, 0.05) is 49.7 Å². The molecule has 1 aliphatic heterocycles. The van der Waals surface area contributed by atoms with Crippen LogP contribution in [0.4, 0.5) is 26.7 Å². The molecule has 4 rings (SSSR count). The quantitative estimate of drug-likeness (QED) is 0.202. The van der Waals surface area contributed by atoms with Gasteiger partial charge in [-0.2, -0.15) is 0 Å². The molecule has 4 atom stereocenters. The number of hydrogen-bond acceptors (Lipinski definition) is 8. The number of aliphatic hydroxyl groups is 1. The van der Waals surface area contributed by atoms with E-state index < -0.39 is 18.2 Å². The molecule has 1 aliphatic rings. The second-order valence-electron chi connectivity index (χ2n) is 12.9. The van der Waals surface area contributed by atoms with E-state index in [0.29, 0.717) is 40.9 Å². The Hall–Kier alpha value is -5.01. The van der Waals surface area contributed by atoms with E-state index in [1.807, 2.05) is 13.8 Å². The minimum Gasteiger partial charge on any atom is -0.497 e. The van der Waals surface area contributed by atoms with Crippen LogP contribution in [0.3, 0.4) is 0 Å². The van der Waals surface area contributed by atoms with E-state index in [2.05, 4.69) is 16.0 Å². The maximum atomic E-state index is 14.4. The molecular weight excluding hydrogens is 654 g/mol. The molecule has 13 heteroatoms. The number of carbonyl (C=O) groups is 3. The lowest BCUT2D eigenvalue weighted by Gasteiger charge is -2.35. The SMILES string of the molecule is COc1ccc(NC(=O)Nc2ccc3c(c2)C(=O)N([C@@H](C)CO)C[C@@H](C)[C@H](CN(C)C(=O)Nc2ccc(OC)cc2)OCCCC[C@@H](C)O3)cc1. The lowest BCUT2D eigenvalue weighted by atomic mass is 10.0. The van der Waals surface area contributed by atoms with Crippen LogP contribution in [0.5, 0.6) is 17.2 Å². The van der Waals surface area contributed by atoms with Crippen molar-refractivity contribution in [2.45, 2.75) is 58.3 Å². The molecule has 0 spiro atoms. The Morgan fingerprint density at radius 2 is 1.51 bits per heavy atom. The maximum absolute atomic E-state index is 14.4. The van der Waals surface area contributed by atoms with Gasteiger partial charge in [-0.3, -0.25) is 4.79 Å². The molecule has 0 unspecified atom stereocenters. The number of carbonyl (C=O) groups excluding carboxylic acids is 3. The van der Waals surface area contributed by atoms with Gasteiger partial charge in [0.15, 0.2) is 0 Å². The van der Waals surface area contributed by atoms with Gasteiger partial charge in [-0.05, 0) is 99.8 Å². The monoisotopic (exact) mass is 705 g/mol. The zero-order chi connectivity index (χ0) is 36.9. The highest BCUT2D eigenvalue weighted by Crippen LogP contribution is 2.29. The van der Waals surface area contributed by atoms with Gasteiger partial charge in [0.05, 0.1) is 44.6 Å². The van der Waals surface area contributed by atoms with Crippen LogP contribution in [-0.2, 0) is 4.74 Å². The van der Waals surface area contributed by atoms with Gasteiger partial charge in [0.25, 0.3) is 5.91 Å². The van der Waals surface area contributed by atoms with Crippen molar-refractivity contribution in [3.05, 3.63) is 72.3 Å². The summed E-state index contributed by atoms with van der Waals surface area (Å²) in [6, 6.07) is 17.6. The van der Waals surface area contributed by atoms with E-state index in [1.165, 1.54) is 0 Å². The van der Waals surface area contributed by atoms with E-state index in [-0.39, 0.29) is 49.2 Å². The first-order valence-corrected chi connectivity index (χ1v) is 17.2. The number of ether oxygens (including phenoxy) is 4. The second kappa shape index (κ2) is 18.8. The molecule has 51 heavy (non-hydrogen) atoms. The molecule has 0 aliphatic carbocycles. The Morgan fingerprint density at radius 1 is 0.922 bits per heavy atom. The molecule has 0 radical (unpaired) electrons. The fraction of sp³-hybridized carbons (Fsp3) is 0.447. The van der Waals surface area contributed by atoms with Crippen LogP contribution in [0.15, 0.2) is 66.7 Å². The Kier molecular flexibility index (Phi) is 14.3. The van der Waals surface area contributed by atoms with E-state index >= 15 is 0 Å². The standard InChI is InChI=1S/C38H51N5O8/c1-25-22-43(26(2)24-44)36(45)33-21-30(40-37(46)39-28-10-15-31(48-5)16-11-28)14-19-34(33)51-27(3)9-7-8-20-50-35(25)23-42(4)38(47)41-29-12-17-32(49-6)18-13-29/h10-19,21,25-27,35,44H,7-9,20,22-24H2,1-6H3,(H,41,47)(H2,39,40,46)/t25-,26+,27-,35+/m1/s1. The molecule has 5 amide bonds. The number of methoxy groups -OCH3 is 2. The van der Waals surface area contributed by atoms with Crippen molar-refractivity contribution in [3.63, 3.8) is 0 Å². The molecule has 4 N–H and O–H groups in total. The van der Waals surface area contributed by atoms with Gasteiger partial charge in [0.2, 0.25) is 0 Å². The van der Waals surface area contributed by atoms with Crippen LogP contribution in [0.2, 0.25) is 0 Å². The van der Waals surface area contributed by atoms with Crippen LogP contribution in [0, 0.1) is 5.92 Å². The van der Waals surface area contributed by atoms with Crippen LogP contribution in [0.1, 0.15) is 50.4 Å². The van der Waals surface area contributed by atoms with E-state index in [0.717, 1.165) is 19.3 Å². The highest BCUT2D eigenvalue weighted by Gasteiger charge is 2.31. The van der Waals surface area contributed by atoms with E-state index in [1.54, 1.807) is 105 Å². The number of likely N-dealkylation sites (N-methyl/N-ethyl adjacent to an activating group) is 1. The number of nitrogens with one attached hydrogen (secondary N) is 3. The minimum absolute atomic E-state index is 0.206. The molecule has 3 aromatic rings. The lowest BCUT2D eigenvalue weighted by Crippen LogP contribution is -2.48. The van der Waals surface area contributed by atoms with Crippen molar-refractivity contribution >= 4 is 35.0 Å². The molecule has 0 aromatic heterocycles. The van der Waals surface area contributed by atoms with Crippen LogP contribution in [0.25, 0.3) is 0 Å². The fourth-order valence-corrected chi connectivity index (χ4v) is 5.68. The van der Waals surface area contributed by atoms with Crippen LogP contribution in [-0.4, -0.2) is 98.7 Å². The van der Waals surface area contributed by atoms with Gasteiger partial charge in [-0.25, -0.2) is 9.59 Å². The van der Waals surface area contributed by atoms with Gasteiger partial charge < -0.3 is 49.8 Å². The highest BCUT2D eigenvalue weighted by atomic mass is 16.5. The first-order valence-electron chi connectivity index (χ1n) is 17.2. The predicted molar refractivity (Wildman–Crippen MR) is 197 cm³/mol. The van der Waals surface area contributed by atoms with Crippen molar-refractivity contribution < 1.29 is 38.4 Å². The number of urea groups is 2. The number of anilines is 3. The first kappa shape index (κ1) is 38.8. The Labute approximate surface area is 300 Å². The average molecular weight is 706 g/mol. The molecule has 0 fully saturated rings. The maximum Gasteiger partial charge on any atom is 0.323 e. The molecular formula is C38H51N5O8. The fourth-order valence-electron chi connectivity index (χ4n) is 5.68. The van der Waals surface area contributed by atoms with Crippen molar-refractivity contribution in [1.29, 1.82) is 0 Å². The number of hydrogen-bond donors (Lipinski definition) is 4. The zero-order valence-corrected chi connectivity index (χ0v) is 30.3. The van der Waals surface area contributed by atoms with Gasteiger partial charge in [-0.1, -0.05) is 6.92 Å². The molecule has 0 saturated carbocycles. The lowest BCUT2D eigenvalue weighted by molar-refractivity contribution is -0.0115. The summed E-state index contributed by atoms with van der Waals surface area (Å²) in [5, 5.41) is 18.7. The smallest absolute Gasteiger partial charge is 0.323 e. The van der Waals surface area contributed by atoms with Crippen molar-refractivity contribution in [1.82, 2.24) is 9.80 Å². The number of amides is 5. The zero-order valence-electron chi connectivity index (χ0n) is 30.3. The average Bonchev–Trinajstić information content (AvgIpc) is 3.13. The topological polar surface area (TPSA) is 151 Å². The third-order valence-electron chi connectivity index (χ3n) is 8.80.